The van der Waals surface area contributed by atoms with Crippen LogP contribution >= 0.6 is 11.3 Å². The number of carbonyl (C=O) groups excluding carboxylic acids is 1. The number of aromatic nitrogens is 1. The lowest BCUT2D eigenvalue weighted by molar-refractivity contribution is 0.0997. The maximum Gasteiger partial charge on any atom is 0.291 e. The van der Waals surface area contributed by atoms with Gasteiger partial charge < -0.3 is 19.8 Å². The van der Waals surface area contributed by atoms with Gasteiger partial charge in [0.2, 0.25) is 0 Å². The second kappa shape index (κ2) is 9.73. The average Bonchev–Trinajstić information content (AvgIpc) is 3.51. The molecule has 0 bridgehead atoms. The highest BCUT2D eigenvalue weighted by molar-refractivity contribution is 7.16. The fourth-order valence-electron chi connectivity index (χ4n) is 4.45. The largest absolute Gasteiger partial charge is 0.497 e. The summed E-state index contributed by atoms with van der Waals surface area (Å²) in [6, 6.07) is 17.2. The predicted octanol–water partition coefficient (Wildman–Crippen LogP) is 6.39. The van der Waals surface area contributed by atoms with Gasteiger partial charge in [0, 0.05) is 16.1 Å². The van der Waals surface area contributed by atoms with Gasteiger partial charge in [-0.05, 0) is 80.1 Å². The molecule has 0 radical (unpaired) electrons. The van der Waals surface area contributed by atoms with Gasteiger partial charge in [0.15, 0.2) is 5.76 Å². The number of ether oxygens (including phenoxy) is 1. The third kappa shape index (κ3) is 4.56. The number of carbonyl (C=O) groups is 1. The van der Waals surface area contributed by atoms with E-state index in [1.165, 1.54) is 23.1 Å². The molecule has 6 nitrogen and oxygen atoms in total. The van der Waals surface area contributed by atoms with Crippen molar-refractivity contribution in [1.29, 1.82) is 0 Å². The van der Waals surface area contributed by atoms with Crippen molar-refractivity contribution in [2.24, 2.45) is 0 Å². The van der Waals surface area contributed by atoms with Gasteiger partial charge in [0.05, 0.1) is 19.4 Å². The summed E-state index contributed by atoms with van der Waals surface area (Å²) >= 11 is 1.67. The summed E-state index contributed by atoms with van der Waals surface area (Å²) < 4.78 is 10.7. The van der Waals surface area contributed by atoms with Crippen LogP contribution in [0.4, 0.5) is 10.8 Å². The number of thiophene rings is 1. The predicted molar refractivity (Wildman–Crippen MR) is 135 cm³/mol. The van der Waals surface area contributed by atoms with Crippen LogP contribution in [0.5, 0.6) is 5.75 Å². The molecule has 0 saturated heterocycles. The summed E-state index contributed by atoms with van der Waals surface area (Å²) in [5.41, 5.74) is 4.45. The Bertz CT molecular complexity index is 1280. The monoisotopic (exact) mass is 473 g/mol. The number of rotatable bonds is 7. The second-order valence-corrected chi connectivity index (χ2v) is 9.51. The van der Waals surface area contributed by atoms with Crippen molar-refractivity contribution >= 4 is 28.1 Å². The minimum Gasteiger partial charge on any atom is -0.497 e. The van der Waals surface area contributed by atoms with E-state index in [4.69, 9.17) is 14.1 Å². The van der Waals surface area contributed by atoms with E-state index < -0.39 is 0 Å². The Morgan fingerprint density at radius 2 is 1.91 bits per heavy atom. The maximum absolute atomic E-state index is 12.9. The normalized spacial score (nSPS) is 13.7. The van der Waals surface area contributed by atoms with Crippen molar-refractivity contribution in [2.75, 3.05) is 17.7 Å². The van der Waals surface area contributed by atoms with Crippen molar-refractivity contribution in [1.82, 2.24) is 4.98 Å². The highest BCUT2D eigenvalue weighted by Gasteiger charge is 2.29. The average molecular weight is 474 g/mol. The molecule has 1 amide bonds. The number of hydrogen-bond acceptors (Lipinski definition) is 6. The molecule has 0 unspecified atom stereocenters. The number of benzene rings is 1. The minimum absolute atomic E-state index is 0.190. The number of nitrogens with one attached hydrogen (secondary N) is 2. The molecule has 1 aliphatic rings. The molecule has 0 aliphatic heterocycles. The summed E-state index contributed by atoms with van der Waals surface area (Å²) in [5.74, 6) is 1.65. The van der Waals surface area contributed by atoms with Gasteiger partial charge in [-0.25, -0.2) is 4.98 Å². The number of pyridine rings is 1. The fourth-order valence-corrected chi connectivity index (χ4v) is 5.77. The minimum atomic E-state index is -0.244. The van der Waals surface area contributed by atoms with Gasteiger partial charge in [-0.3, -0.25) is 4.79 Å². The number of anilines is 2. The zero-order valence-electron chi connectivity index (χ0n) is 19.3. The Hall–Kier alpha value is -3.58. The Kier molecular flexibility index (Phi) is 6.36. The van der Waals surface area contributed by atoms with Crippen LogP contribution in [0.25, 0.3) is 0 Å². The Balaban J connectivity index is 1.61. The first kappa shape index (κ1) is 22.2. The quantitative estimate of drug-likeness (QED) is 0.325. The van der Waals surface area contributed by atoms with Crippen LogP contribution in [0.3, 0.4) is 0 Å². The molecule has 7 heteroatoms. The van der Waals surface area contributed by atoms with Crippen molar-refractivity contribution in [2.45, 2.75) is 38.6 Å². The first-order valence-corrected chi connectivity index (χ1v) is 12.3. The van der Waals surface area contributed by atoms with E-state index in [-0.39, 0.29) is 11.9 Å². The molecule has 2 N–H and O–H groups in total. The van der Waals surface area contributed by atoms with E-state index >= 15 is 0 Å². The van der Waals surface area contributed by atoms with Gasteiger partial charge >= 0.3 is 0 Å². The van der Waals surface area contributed by atoms with E-state index in [0.29, 0.717) is 5.76 Å². The van der Waals surface area contributed by atoms with Crippen molar-refractivity contribution in [3.05, 3.63) is 93.9 Å². The van der Waals surface area contributed by atoms with E-state index in [9.17, 15) is 4.79 Å². The summed E-state index contributed by atoms with van der Waals surface area (Å²) in [6.07, 6.45) is 5.84. The fraction of sp³-hybridized carbons (Fsp3) is 0.259. The third-order valence-corrected chi connectivity index (χ3v) is 7.33. The number of furan rings is 1. The smallest absolute Gasteiger partial charge is 0.291 e. The van der Waals surface area contributed by atoms with Gasteiger partial charge in [-0.15, -0.1) is 11.3 Å². The number of aryl methyl sites for hydroxylation is 2. The molecule has 0 saturated carbocycles. The van der Waals surface area contributed by atoms with Gasteiger partial charge in [-0.1, -0.05) is 18.2 Å². The number of amides is 1. The van der Waals surface area contributed by atoms with Crippen molar-refractivity contribution in [3.63, 3.8) is 0 Å². The third-order valence-electron chi connectivity index (χ3n) is 6.10. The maximum atomic E-state index is 12.9. The summed E-state index contributed by atoms with van der Waals surface area (Å²) in [5, 5.41) is 7.65. The highest BCUT2D eigenvalue weighted by Crippen LogP contribution is 2.44. The number of fused-ring (bicyclic) bond motifs is 1. The molecule has 34 heavy (non-hydrogen) atoms. The first-order chi connectivity index (χ1) is 16.6. The Morgan fingerprint density at radius 3 is 2.65 bits per heavy atom. The van der Waals surface area contributed by atoms with Gasteiger partial charge in [-0.2, -0.15) is 0 Å². The molecule has 1 aromatic carbocycles. The van der Waals surface area contributed by atoms with E-state index in [1.807, 2.05) is 37.3 Å². The van der Waals surface area contributed by atoms with Gasteiger partial charge in [0.25, 0.3) is 5.91 Å². The lowest BCUT2D eigenvalue weighted by Gasteiger charge is -2.24. The number of nitrogens with zero attached hydrogens (tertiary/aromatic N) is 1. The van der Waals surface area contributed by atoms with Crippen LogP contribution in [-0.2, 0) is 12.8 Å². The van der Waals surface area contributed by atoms with Crippen LogP contribution < -0.4 is 15.4 Å². The van der Waals surface area contributed by atoms with Crippen LogP contribution in [0.15, 0.2) is 65.3 Å². The van der Waals surface area contributed by atoms with Crippen LogP contribution in [-0.4, -0.2) is 18.0 Å². The SMILES string of the molecule is COc1ccc([C@@H](Nc2cccc(C)n2)c2c(NC(=O)c3ccco3)sc3c2CCCC3)cc1. The van der Waals surface area contributed by atoms with E-state index in [1.54, 1.807) is 30.6 Å². The molecule has 3 heterocycles. The first-order valence-electron chi connectivity index (χ1n) is 11.5. The molecule has 5 rings (SSSR count). The summed E-state index contributed by atoms with van der Waals surface area (Å²) in [7, 11) is 1.67. The van der Waals surface area contributed by atoms with Crippen molar-refractivity contribution in [3.8, 4) is 5.75 Å². The standard InChI is InChI=1S/C27H27N3O3S/c1-17-7-5-11-23(28-17)29-25(18-12-14-19(32-2)15-13-18)24-20-8-3-4-10-22(20)34-27(24)30-26(31)21-9-6-16-33-21/h5-7,9,11-16,25H,3-4,8,10H2,1-2H3,(H,28,29)(H,30,31)/t25-/m1/s1. The lowest BCUT2D eigenvalue weighted by Crippen LogP contribution is -2.19. The van der Waals surface area contributed by atoms with Crippen LogP contribution in [0, 0.1) is 6.92 Å². The second-order valence-electron chi connectivity index (χ2n) is 8.40. The summed E-state index contributed by atoms with van der Waals surface area (Å²) in [6.45, 7) is 1.98. The van der Waals surface area contributed by atoms with Crippen LogP contribution in [0.1, 0.15) is 56.7 Å². The van der Waals surface area contributed by atoms with E-state index in [2.05, 4.69) is 22.8 Å². The topological polar surface area (TPSA) is 76.4 Å². The molecule has 1 aliphatic carbocycles. The van der Waals surface area contributed by atoms with E-state index in [0.717, 1.165) is 52.7 Å². The number of hydrogen-bond donors (Lipinski definition) is 2. The van der Waals surface area contributed by atoms with Crippen LogP contribution in [0.2, 0.25) is 0 Å². The molecule has 0 spiro atoms. The molecule has 4 aromatic rings. The zero-order valence-corrected chi connectivity index (χ0v) is 20.1. The molecule has 0 fully saturated rings. The molecular formula is C27H27N3O3S. The highest BCUT2D eigenvalue weighted by atomic mass is 32.1. The molecular weight excluding hydrogens is 446 g/mol. The zero-order chi connectivity index (χ0) is 23.5. The molecule has 3 aromatic heterocycles. The lowest BCUT2D eigenvalue weighted by atomic mass is 9.89. The van der Waals surface area contributed by atoms with Gasteiger partial charge in [0.1, 0.15) is 16.6 Å². The Morgan fingerprint density at radius 1 is 1.09 bits per heavy atom. The molecule has 1 atom stereocenters. The number of methoxy groups -OCH3 is 1. The summed E-state index contributed by atoms with van der Waals surface area (Å²) in [4.78, 5) is 19.0. The molecule has 174 valence electrons. The Labute approximate surface area is 203 Å². The van der Waals surface area contributed by atoms with Crippen molar-refractivity contribution < 1.29 is 13.9 Å².